The number of aliphatic carboxylic acids is 1. The van der Waals surface area contributed by atoms with Crippen molar-refractivity contribution in [2.45, 2.75) is 19.1 Å². The number of fused-ring (bicyclic) bond motifs is 1. The summed E-state index contributed by atoms with van der Waals surface area (Å²) >= 11 is 0. The first-order chi connectivity index (χ1) is 11.6. The van der Waals surface area contributed by atoms with Crippen molar-refractivity contribution in [2.24, 2.45) is 5.73 Å². The number of carboxylic acid groups (broad SMARTS) is 1. The van der Waals surface area contributed by atoms with E-state index in [1.807, 2.05) is 42.5 Å². The number of benzene rings is 3. The van der Waals surface area contributed by atoms with Crippen molar-refractivity contribution in [3.8, 4) is 5.75 Å². The smallest absolute Gasteiger partial charge is 0.320 e. The van der Waals surface area contributed by atoms with Crippen LogP contribution < -0.4 is 10.5 Å². The maximum absolute atomic E-state index is 10.9. The van der Waals surface area contributed by atoms with Crippen LogP contribution in [-0.4, -0.2) is 17.1 Å². The van der Waals surface area contributed by atoms with Crippen molar-refractivity contribution in [2.75, 3.05) is 0 Å². The first-order valence-corrected chi connectivity index (χ1v) is 7.79. The topological polar surface area (TPSA) is 72.5 Å². The van der Waals surface area contributed by atoms with Crippen LogP contribution in [0.3, 0.4) is 0 Å². The van der Waals surface area contributed by atoms with Crippen LogP contribution in [0.1, 0.15) is 11.1 Å². The van der Waals surface area contributed by atoms with Gasteiger partial charge in [-0.15, -0.1) is 0 Å². The highest BCUT2D eigenvalue weighted by Crippen LogP contribution is 2.19. The molecular weight excluding hydrogens is 302 g/mol. The van der Waals surface area contributed by atoms with Crippen LogP contribution in [0.15, 0.2) is 66.7 Å². The van der Waals surface area contributed by atoms with Crippen molar-refractivity contribution in [3.63, 3.8) is 0 Å². The van der Waals surface area contributed by atoms with Gasteiger partial charge in [-0.3, -0.25) is 4.79 Å². The number of hydrogen-bond acceptors (Lipinski definition) is 3. The molecule has 0 aliphatic rings. The SMILES string of the molecule is N[C@@H](Cc1cccc(OCc2ccc3ccccc3c2)c1)C(=O)O. The van der Waals surface area contributed by atoms with Crippen LogP contribution in [-0.2, 0) is 17.8 Å². The van der Waals surface area contributed by atoms with Gasteiger partial charge in [0.05, 0.1) is 0 Å². The van der Waals surface area contributed by atoms with Crippen LogP contribution >= 0.6 is 0 Å². The summed E-state index contributed by atoms with van der Waals surface area (Å²) in [6.07, 6.45) is 0.280. The van der Waals surface area contributed by atoms with E-state index in [0.717, 1.165) is 11.1 Å². The normalized spacial score (nSPS) is 12.0. The fraction of sp³-hybridized carbons (Fsp3) is 0.150. The molecule has 4 heteroatoms. The zero-order valence-electron chi connectivity index (χ0n) is 13.2. The third-order valence-corrected chi connectivity index (χ3v) is 3.89. The van der Waals surface area contributed by atoms with E-state index in [2.05, 4.69) is 24.3 Å². The van der Waals surface area contributed by atoms with Gasteiger partial charge in [-0.25, -0.2) is 0 Å². The molecule has 0 bridgehead atoms. The molecule has 0 amide bonds. The highest BCUT2D eigenvalue weighted by Gasteiger charge is 2.12. The first kappa shape index (κ1) is 16.0. The number of nitrogens with two attached hydrogens (primary N) is 1. The summed E-state index contributed by atoms with van der Waals surface area (Å²) in [6.45, 7) is 0.458. The van der Waals surface area contributed by atoms with Gasteiger partial charge in [0.15, 0.2) is 0 Å². The zero-order valence-corrected chi connectivity index (χ0v) is 13.2. The number of rotatable bonds is 6. The summed E-state index contributed by atoms with van der Waals surface area (Å²) in [5.74, 6) is -0.296. The summed E-state index contributed by atoms with van der Waals surface area (Å²) in [7, 11) is 0. The van der Waals surface area contributed by atoms with Gasteiger partial charge in [-0.2, -0.15) is 0 Å². The second kappa shape index (κ2) is 7.15. The molecule has 0 aliphatic carbocycles. The second-order valence-electron chi connectivity index (χ2n) is 5.77. The molecule has 122 valence electrons. The Morgan fingerprint density at radius 3 is 2.54 bits per heavy atom. The Kier molecular flexibility index (Phi) is 4.77. The van der Waals surface area contributed by atoms with Crippen molar-refractivity contribution >= 4 is 16.7 Å². The van der Waals surface area contributed by atoms with Crippen molar-refractivity contribution < 1.29 is 14.6 Å². The van der Waals surface area contributed by atoms with Gasteiger partial charge in [0.2, 0.25) is 0 Å². The predicted octanol–water partition coefficient (Wildman–Crippen LogP) is 3.37. The van der Waals surface area contributed by atoms with E-state index < -0.39 is 12.0 Å². The molecule has 0 saturated heterocycles. The lowest BCUT2D eigenvalue weighted by Crippen LogP contribution is -2.32. The average molecular weight is 321 g/mol. The Labute approximate surface area is 140 Å². The van der Waals surface area contributed by atoms with Gasteiger partial charge in [0.1, 0.15) is 18.4 Å². The molecule has 24 heavy (non-hydrogen) atoms. The van der Waals surface area contributed by atoms with E-state index in [9.17, 15) is 4.79 Å². The molecule has 0 aliphatic heterocycles. The van der Waals surface area contributed by atoms with E-state index in [1.54, 1.807) is 0 Å². The van der Waals surface area contributed by atoms with E-state index in [-0.39, 0.29) is 6.42 Å². The van der Waals surface area contributed by atoms with E-state index in [0.29, 0.717) is 12.4 Å². The minimum Gasteiger partial charge on any atom is -0.489 e. The minimum absolute atomic E-state index is 0.280. The molecule has 3 rings (SSSR count). The maximum Gasteiger partial charge on any atom is 0.320 e. The number of carboxylic acids is 1. The first-order valence-electron chi connectivity index (χ1n) is 7.79. The van der Waals surface area contributed by atoms with E-state index in [1.165, 1.54) is 10.8 Å². The molecule has 0 fully saturated rings. The Morgan fingerprint density at radius 2 is 1.75 bits per heavy atom. The van der Waals surface area contributed by atoms with Crippen LogP contribution in [0.5, 0.6) is 5.75 Å². The summed E-state index contributed by atoms with van der Waals surface area (Å²) in [5, 5.41) is 11.3. The van der Waals surface area contributed by atoms with Crippen LogP contribution in [0.4, 0.5) is 0 Å². The van der Waals surface area contributed by atoms with Gasteiger partial charge in [0, 0.05) is 0 Å². The van der Waals surface area contributed by atoms with Gasteiger partial charge in [-0.1, -0.05) is 48.5 Å². The predicted molar refractivity (Wildman–Crippen MR) is 94.0 cm³/mol. The van der Waals surface area contributed by atoms with Gasteiger partial charge < -0.3 is 15.6 Å². The summed E-state index contributed by atoms with van der Waals surface area (Å²) in [4.78, 5) is 10.9. The quantitative estimate of drug-likeness (QED) is 0.730. The summed E-state index contributed by atoms with van der Waals surface area (Å²) < 4.78 is 5.84. The third kappa shape index (κ3) is 3.91. The van der Waals surface area contributed by atoms with Crippen LogP contribution in [0.2, 0.25) is 0 Å². The molecule has 3 aromatic carbocycles. The van der Waals surface area contributed by atoms with Crippen LogP contribution in [0.25, 0.3) is 10.8 Å². The van der Waals surface area contributed by atoms with Gasteiger partial charge >= 0.3 is 5.97 Å². The number of carbonyl (C=O) groups is 1. The fourth-order valence-electron chi connectivity index (χ4n) is 2.60. The molecule has 1 atom stereocenters. The fourth-order valence-corrected chi connectivity index (χ4v) is 2.60. The zero-order chi connectivity index (χ0) is 16.9. The number of hydrogen-bond donors (Lipinski definition) is 2. The monoisotopic (exact) mass is 321 g/mol. The van der Waals surface area contributed by atoms with E-state index >= 15 is 0 Å². The highest BCUT2D eigenvalue weighted by atomic mass is 16.5. The molecule has 3 aromatic rings. The van der Waals surface area contributed by atoms with Gasteiger partial charge in [0.25, 0.3) is 0 Å². The molecule has 0 radical (unpaired) electrons. The van der Waals surface area contributed by atoms with Crippen molar-refractivity contribution in [3.05, 3.63) is 77.9 Å². The van der Waals surface area contributed by atoms with Gasteiger partial charge in [-0.05, 0) is 46.5 Å². The molecule has 3 N–H and O–H groups in total. The Balaban J connectivity index is 1.68. The average Bonchev–Trinajstić information content (AvgIpc) is 2.60. The molecule has 0 unspecified atom stereocenters. The van der Waals surface area contributed by atoms with Crippen molar-refractivity contribution in [1.29, 1.82) is 0 Å². The van der Waals surface area contributed by atoms with E-state index in [4.69, 9.17) is 15.6 Å². The maximum atomic E-state index is 10.9. The number of ether oxygens (including phenoxy) is 1. The second-order valence-corrected chi connectivity index (χ2v) is 5.77. The van der Waals surface area contributed by atoms with Crippen LogP contribution in [0, 0.1) is 0 Å². The molecule has 0 heterocycles. The lowest BCUT2D eigenvalue weighted by Gasteiger charge is -2.10. The Bertz CT molecular complexity index is 860. The molecule has 0 spiro atoms. The Morgan fingerprint density at radius 1 is 0.958 bits per heavy atom. The molecule has 0 saturated carbocycles. The van der Waals surface area contributed by atoms with Crippen molar-refractivity contribution in [1.82, 2.24) is 0 Å². The molecule has 4 nitrogen and oxygen atoms in total. The molecule has 0 aromatic heterocycles. The minimum atomic E-state index is -1.00. The summed E-state index contributed by atoms with van der Waals surface area (Å²) in [6, 6.07) is 20.9. The lowest BCUT2D eigenvalue weighted by molar-refractivity contribution is -0.138. The summed E-state index contributed by atoms with van der Waals surface area (Å²) in [5.41, 5.74) is 7.51. The third-order valence-electron chi connectivity index (χ3n) is 3.89. The Hall–Kier alpha value is -2.85. The highest BCUT2D eigenvalue weighted by molar-refractivity contribution is 5.82. The largest absolute Gasteiger partial charge is 0.489 e. The standard InChI is InChI=1S/C20H19NO3/c21-19(20(22)23)12-14-4-3-7-18(11-14)24-13-15-8-9-16-5-1-2-6-17(16)10-15/h1-11,19H,12-13,21H2,(H,22,23)/t19-/m0/s1. The molecular formula is C20H19NO3. The lowest BCUT2D eigenvalue weighted by atomic mass is 10.1.